The highest BCUT2D eigenvalue weighted by Crippen LogP contribution is 2.27. The Morgan fingerprint density at radius 1 is 1.29 bits per heavy atom. The van der Waals surface area contributed by atoms with Crippen molar-refractivity contribution in [3.05, 3.63) is 45.7 Å². The summed E-state index contributed by atoms with van der Waals surface area (Å²) in [5.74, 6) is 0.821. The Morgan fingerprint density at radius 2 is 2.12 bits per heavy atom. The van der Waals surface area contributed by atoms with Crippen LogP contribution in [-0.2, 0) is 5.41 Å². The Balaban J connectivity index is 2.03. The summed E-state index contributed by atoms with van der Waals surface area (Å²) in [5, 5.41) is 5.95. The van der Waals surface area contributed by atoms with E-state index in [0.29, 0.717) is 5.15 Å². The number of rotatable bonds is 4. The van der Waals surface area contributed by atoms with E-state index in [4.69, 9.17) is 11.6 Å². The van der Waals surface area contributed by atoms with E-state index in [0.717, 1.165) is 12.4 Å². The Labute approximate surface area is 111 Å². The highest BCUT2D eigenvalue weighted by atomic mass is 35.5. The molecule has 0 saturated heterocycles. The first-order valence-electron chi connectivity index (χ1n) is 5.48. The first-order chi connectivity index (χ1) is 8.08. The van der Waals surface area contributed by atoms with Crippen molar-refractivity contribution < 1.29 is 0 Å². The molecule has 1 N–H and O–H groups in total. The number of anilines is 1. The van der Waals surface area contributed by atoms with E-state index in [2.05, 4.69) is 41.7 Å². The summed E-state index contributed by atoms with van der Waals surface area (Å²) in [6.07, 6.45) is 0. The van der Waals surface area contributed by atoms with Gasteiger partial charge in [0.05, 0.1) is 0 Å². The highest BCUT2D eigenvalue weighted by molar-refractivity contribution is 7.10. The second-order valence-electron chi connectivity index (χ2n) is 4.56. The summed E-state index contributed by atoms with van der Waals surface area (Å²) in [5.41, 5.74) is 0.0954. The molecular formula is C13H15ClN2S. The summed E-state index contributed by atoms with van der Waals surface area (Å²) < 4.78 is 0. The van der Waals surface area contributed by atoms with Gasteiger partial charge in [0.25, 0.3) is 0 Å². The van der Waals surface area contributed by atoms with E-state index < -0.39 is 0 Å². The number of hydrogen-bond acceptors (Lipinski definition) is 3. The second kappa shape index (κ2) is 5.07. The maximum atomic E-state index is 5.85. The Morgan fingerprint density at radius 3 is 2.76 bits per heavy atom. The molecule has 0 saturated carbocycles. The van der Waals surface area contributed by atoms with Gasteiger partial charge in [-0.05, 0) is 23.6 Å². The molecule has 17 heavy (non-hydrogen) atoms. The molecule has 2 nitrogen and oxygen atoms in total. The van der Waals surface area contributed by atoms with Gasteiger partial charge in [0, 0.05) is 16.8 Å². The van der Waals surface area contributed by atoms with E-state index >= 15 is 0 Å². The molecule has 2 aromatic heterocycles. The minimum absolute atomic E-state index is 0.0954. The lowest BCUT2D eigenvalue weighted by molar-refractivity contribution is 0.568. The normalized spacial score (nSPS) is 11.5. The quantitative estimate of drug-likeness (QED) is 0.840. The van der Waals surface area contributed by atoms with Crippen LogP contribution in [0.2, 0.25) is 5.15 Å². The van der Waals surface area contributed by atoms with E-state index in [1.54, 1.807) is 17.4 Å². The van der Waals surface area contributed by atoms with Crippen LogP contribution in [0.3, 0.4) is 0 Å². The van der Waals surface area contributed by atoms with Gasteiger partial charge in [-0.25, -0.2) is 4.98 Å². The van der Waals surface area contributed by atoms with Crippen LogP contribution in [0, 0.1) is 0 Å². The molecule has 0 aliphatic heterocycles. The smallest absolute Gasteiger partial charge is 0.131 e. The monoisotopic (exact) mass is 266 g/mol. The van der Waals surface area contributed by atoms with Crippen molar-refractivity contribution in [3.63, 3.8) is 0 Å². The zero-order chi connectivity index (χ0) is 12.3. The molecule has 0 radical (unpaired) electrons. The zero-order valence-corrected chi connectivity index (χ0v) is 11.5. The SMILES string of the molecule is CC(C)(CNc1cccc(Cl)n1)c1cccs1. The maximum Gasteiger partial charge on any atom is 0.131 e. The van der Waals surface area contributed by atoms with E-state index in [1.807, 2.05) is 12.1 Å². The fourth-order valence-electron chi connectivity index (χ4n) is 1.57. The Kier molecular flexibility index (Phi) is 3.69. The molecule has 0 amide bonds. The fraction of sp³-hybridized carbons (Fsp3) is 0.308. The van der Waals surface area contributed by atoms with Crippen LogP contribution in [0.25, 0.3) is 0 Å². The lowest BCUT2D eigenvalue weighted by Crippen LogP contribution is -2.26. The third-order valence-electron chi connectivity index (χ3n) is 2.61. The van der Waals surface area contributed by atoms with Crippen LogP contribution < -0.4 is 5.32 Å². The van der Waals surface area contributed by atoms with Crippen LogP contribution in [-0.4, -0.2) is 11.5 Å². The van der Waals surface area contributed by atoms with Crippen molar-refractivity contribution in [2.75, 3.05) is 11.9 Å². The highest BCUT2D eigenvalue weighted by Gasteiger charge is 2.21. The zero-order valence-electron chi connectivity index (χ0n) is 9.90. The first-order valence-corrected chi connectivity index (χ1v) is 6.74. The summed E-state index contributed by atoms with van der Waals surface area (Å²) in [6.45, 7) is 5.27. The predicted molar refractivity (Wildman–Crippen MR) is 75.1 cm³/mol. The number of hydrogen-bond donors (Lipinski definition) is 1. The number of pyridine rings is 1. The summed E-state index contributed by atoms with van der Waals surface area (Å²) in [7, 11) is 0. The average Bonchev–Trinajstić information content (AvgIpc) is 2.81. The number of nitrogens with one attached hydrogen (secondary N) is 1. The second-order valence-corrected chi connectivity index (χ2v) is 5.90. The van der Waals surface area contributed by atoms with Crippen LogP contribution in [0.4, 0.5) is 5.82 Å². The van der Waals surface area contributed by atoms with Crippen LogP contribution in [0.1, 0.15) is 18.7 Å². The molecule has 0 bridgehead atoms. The summed E-state index contributed by atoms with van der Waals surface area (Å²) in [4.78, 5) is 5.58. The maximum absolute atomic E-state index is 5.85. The lowest BCUT2D eigenvalue weighted by atomic mass is 9.91. The fourth-order valence-corrected chi connectivity index (χ4v) is 2.58. The van der Waals surface area contributed by atoms with Crippen LogP contribution in [0.15, 0.2) is 35.7 Å². The molecule has 90 valence electrons. The molecule has 0 aliphatic rings. The van der Waals surface area contributed by atoms with Gasteiger partial charge in [-0.15, -0.1) is 11.3 Å². The third kappa shape index (κ3) is 3.20. The molecule has 0 unspecified atom stereocenters. The Hall–Kier alpha value is -1.06. The van der Waals surface area contributed by atoms with Gasteiger partial charge < -0.3 is 5.32 Å². The predicted octanol–water partition coefficient (Wildman–Crippen LogP) is 4.19. The number of halogens is 1. The molecule has 0 aliphatic carbocycles. The molecule has 0 aromatic carbocycles. The minimum atomic E-state index is 0.0954. The first kappa shape index (κ1) is 12.4. The molecule has 2 aromatic rings. The number of thiophene rings is 1. The standard InChI is InChI=1S/C13H15ClN2S/c1-13(2,10-5-4-8-17-10)9-15-12-7-3-6-11(14)16-12/h3-8H,9H2,1-2H3,(H,15,16). The van der Waals surface area contributed by atoms with Crippen molar-refractivity contribution in [1.82, 2.24) is 4.98 Å². The van der Waals surface area contributed by atoms with Crippen molar-refractivity contribution in [1.29, 1.82) is 0 Å². The molecule has 0 fully saturated rings. The van der Waals surface area contributed by atoms with Gasteiger partial charge in [-0.1, -0.05) is 37.6 Å². The van der Waals surface area contributed by atoms with Crippen molar-refractivity contribution >= 4 is 28.8 Å². The molecule has 2 heterocycles. The lowest BCUT2D eigenvalue weighted by Gasteiger charge is -2.23. The minimum Gasteiger partial charge on any atom is -0.369 e. The van der Waals surface area contributed by atoms with Gasteiger partial charge in [0.2, 0.25) is 0 Å². The van der Waals surface area contributed by atoms with Gasteiger partial charge in [-0.3, -0.25) is 0 Å². The van der Waals surface area contributed by atoms with Crippen molar-refractivity contribution in [3.8, 4) is 0 Å². The summed E-state index contributed by atoms with van der Waals surface area (Å²) >= 11 is 7.63. The molecular weight excluding hydrogens is 252 g/mol. The van der Waals surface area contributed by atoms with Gasteiger partial charge in [0.15, 0.2) is 0 Å². The van der Waals surface area contributed by atoms with E-state index in [1.165, 1.54) is 4.88 Å². The van der Waals surface area contributed by atoms with Gasteiger partial charge >= 0.3 is 0 Å². The topological polar surface area (TPSA) is 24.9 Å². The van der Waals surface area contributed by atoms with Gasteiger partial charge in [-0.2, -0.15) is 0 Å². The Bertz CT molecular complexity index is 480. The summed E-state index contributed by atoms with van der Waals surface area (Å²) in [6, 6.07) is 9.85. The van der Waals surface area contributed by atoms with E-state index in [-0.39, 0.29) is 5.41 Å². The van der Waals surface area contributed by atoms with Gasteiger partial charge in [0.1, 0.15) is 11.0 Å². The van der Waals surface area contributed by atoms with Crippen LogP contribution >= 0.6 is 22.9 Å². The van der Waals surface area contributed by atoms with Crippen molar-refractivity contribution in [2.24, 2.45) is 0 Å². The molecule has 0 atom stereocenters. The average molecular weight is 267 g/mol. The number of aromatic nitrogens is 1. The molecule has 4 heteroatoms. The van der Waals surface area contributed by atoms with E-state index in [9.17, 15) is 0 Å². The largest absolute Gasteiger partial charge is 0.369 e. The van der Waals surface area contributed by atoms with Crippen molar-refractivity contribution in [2.45, 2.75) is 19.3 Å². The number of nitrogens with zero attached hydrogens (tertiary/aromatic N) is 1. The molecule has 0 spiro atoms. The van der Waals surface area contributed by atoms with Crippen LogP contribution in [0.5, 0.6) is 0 Å². The molecule has 2 rings (SSSR count). The third-order valence-corrected chi connectivity index (χ3v) is 4.06.